The zero-order valence-electron chi connectivity index (χ0n) is 10.7. The van der Waals surface area contributed by atoms with Gasteiger partial charge in [-0.05, 0) is 35.9 Å². The Labute approximate surface area is 116 Å². The largest absolute Gasteiger partial charge is 0.340 e. The average molecular weight is 276 g/mol. The highest BCUT2D eigenvalue weighted by atomic mass is 35.5. The molecule has 0 saturated carbocycles. The second-order valence-electron chi connectivity index (χ2n) is 3.51. The Bertz CT molecular complexity index is 665. The summed E-state index contributed by atoms with van der Waals surface area (Å²) < 4.78 is 0. The normalized spacial score (nSPS) is 9.84. The monoisotopic (exact) mass is 275 g/mol. The molecule has 0 aliphatic rings. The molecule has 0 saturated heterocycles. The fourth-order valence-electron chi connectivity index (χ4n) is 1.57. The number of rotatable bonds is 2. The molecule has 2 aromatic heterocycles. The molecule has 0 bridgehead atoms. The molecule has 1 aromatic carbocycles. The Morgan fingerprint density at radius 2 is 2.05 bits per heavy atom. The molecule has 0 radical (unpaired) electrons. The molecule has 0 fully saturated rings. The number of fused-ring (bicyclic) bond motifs is 1. The highest BCUT2D eigenvalue weighted by Gasteiger charge is 2.00. The van der Waals surface area contributed by atoms with E-state index in [1.54, 1.807) is 18.5 Å². The summed E-state index contributed by atoms with van der Waals surface area (Å²) in [5, 5.41) is 11.3. The van der Waals surface area contributed by atoms with Crippen molar-refractivity contribution in [1.82, 2.24) is 20.2 Å². The Hall–Kier alpha value is -2.14. The van der Waals surface area contributed by atoms with E-state index in [1.165, 1.54) is 0 Å². The molecule has 3 rings (SSSR count). The molecule has 0 unspecified atom stereocenters. The van der Waals surface area contributed by atoms with Gasteiger partial charge in [-0.1, -0.05) is 13.8 Å². The smallest absolute Gasteiger partial charge is 0.224 e. The molecule has 98 valence electrons. The third-order valence-corrected chi connectivity index (χ3v) is 2.52. The number of benzene rings is 1. The van der Waals surface area contributed by atoms with Gasteiger partial charge in [-0.25, -0.2) is 9.97 Å². The number of anilines is 2. The van der Waals surface area contributed by atoms with E-state index in [0.717, 1.165) is 16.6 Å². The van der Waals surface area contributed by atoms with Crippen LogP contribution >= 0.6 is 11.6 Å². The van der Waals surface area contributed by atoms with E-state index in [2.05, 4.69) is 25.5 Å². The van der Waals surface area contributed by atoms with Gasteiger partial charge in [-0.2, -0.15) is 5.10 Å². The van der Waals surface area contributed by atoms with Crippen LogP contribution in [-0.2, 0) is 0 Å². The molecule has 3 aromatic rings. The lowest BCUT2D eigenvalue weighted by molar-refractivity contribution is 1.12. The molecule has 5 nitrogen and oxygen atoms in total. The van der Waals surface area contributed by atoms with Gasteiger partial charge in [0.15, 0.2) is 0 Å². The van der Waals surface area contributed by atoms with Crippen molar-refractivity contribution in [2.75, 3.05) is 5.32 Å². The van der Waals surface area contributed by atoms with Crippen molar-refractivity contribution in [3.8, 4) is 0 Å². The van der Waals surface area contributed by atoms with Gasteiger partial charge < -0.3 is 5.32 Å². The van der Waals surface area contributed by atoms with Gasteiger partial charge in [0.05, 0.1) is 11.7 Å². The van der Waals surface area contributed by atoms with E-state index in [0.29, 0.717) is 5.82 Å². The SMILES string of the molecule is CC.Clc1nccc(Nc2ccc3cn[nH]c3c2)n1. The lowest BCUT2D eigenvalue weighted by atomic mass is 10.2. The summed E-state index contributed by atoms with van der Waals surface area (Å²) in [4.78, 5) is 7.87. The van der Waals surface area contributed by atoms with Crippen molar-refractivity contribution in [2.45, 2.75) is 13.8 Å². The van der Waals surface area contributed by atoms with E-state index in [1.807, 2.05) is 32.0 Å². The number of aromatic amines is 1. The van der Waals surface area contributed by atoms with Gasteiger partial charge >= 0.3 is 0 Å². The van der Waals surface area contributed by atoms with Crippen molar-refractivity contribution in [3.05, 3.63) is 41.9 Å². The molecule has 19 heavy (non-hydrogen) atoms. The number of aromatic nitrogens is 4. The second-order valence-corrected chi connectivity index (χ2v) is 3.85. The van der Waals surface area contributed by atoms with Gasteiger partial charge in [-0.3, -0.25) is 5.10 Å². The first-order valence-corrected chi connectivity index (χ1v) is 6.38. The molecular weight excluding hydrogens is 262 g/mol. The number of halogens is 1. The molecule has 6 heteroatoms. The Morgan fingerprint density at radius 3 is 2.84 bits per heavy atom. The van der Waals surface area contributed by atoms with Gasteiger partial charge in [0.25, 0.3) is 0 Å². The first-order chi connectivity index (χ1) is 9.31. The van der Waals surface area contributed by atoms with Crippen LogP contribution in [-0.4, -0.2) is 20.2 Å². The number of H-pyrrole nitrogens is 1. The van der Waals surface area contributed by atoms with E-state index in [-0.39, 0.29) is 5.28 Å². The van der Waals surface area contributed by atoms with Crippen LogP contribution in [0.1, 0.15) is 13.8 Å². The summed E-state index contributed by atoms with van der Waals surface area (Å²) in [6.45, 7) is 4.00. The second kappa shape index (κ2) is 6.15. The van der Waals surface area contributed by atoms with E-state index >= 15 is 0 Å². The first-order valence-electron chi connectivity index (χ1n) is 6.00. The van der Waals surface area contributed by atoms with Crippen molar-refractivity contribution in [2.24, 2.45) is 0 Å². The van der Waals surface area contributed by atoms with Crippen molar-refractivity contribution >= 4 is 34.0 Å². The minimum absolute atomic E-state index is 0.220. The van der Waals surface area contributed by atoms with Crippen molar-refractivity contribution in [3.63, 3.8) is 0 Å². The minimum Gasteiger partial charge on any atom is -0.340 e. The zero-order chi connectivity index (χ0) is 13.7. The topological polar surface area (TPSA) is 66.5 Å². The predicted molar refractivity (Wildman–Crippen MR) is 77.8 cm³/mol. The summed E-state index contributed by atoms with van der Waals surface area (Å²) in [6, 6.07) is 7.64. The summed E-state index contributed by atoms with van der Waals surface area (Å²) in [6.07, 6.45) is 3.38. The molecule has 0 amide bonds. The van der Waals surface area contributed by atoms with Crippen LogP contribution < -0.4 is 5.32 Å². The summed E-state index contributed by atoms with van der Waals surface area (Å²) in [7, 11) is 0. The Kier molecular flexibility index (Phi) is 4.30. The van der Waals surface area contributed by atoms with Crippen LogP contribution in [0.3, 0.4) is 0 Å². The molecule has 2 heterocycles. The highest BCUT2D eigenvalue weighted by molar-refractivity contribution is 6.28. The van der Waals surface area contributed by atoms with Crippen LogP contribution in [0, 0.1) is 0 Å². The van der Waals surface area contributed by atoms with Crippen LogP contribution in [0.25, 0.3) is 10.9 Å². The third-order valence-electron chi connectivity index (χ3n) is 2.34. The van der Waals surface area contributed by atoms with E-state index < -0.39 is 0 Å². The predicted octanol–water partition coefficient (Wildman–Crippen LogP) is 3.78. The van der Waals surface area contributed by atoms with E-state index in [9.17, 15) is 0 Å². The number of nitrogens with zero attached hydrogens (tertiary/aromatic N) is 3. The van der Waals surface area contributed by atoms with Gasteiger partial charge in [0.1, 0.15) is 5.82 Å². The van der Waals surface area contributed by atoms with Crippen LogP contribution in [0.2, 0.25) is 5.28 Å². The lowest BCUT2D eigenvalue weighted by Gasteiger charge is -2.04. The maximum absolute atomic E-state index is 5.71. The standard InChI is InChI=1S/C11H8ClN5.C2H6/c12-11-13-4-3-10(16-11)15-8-2-1-7-6-14-17-9(7)5-8;1-2/h1-6H,(H,14,17)(H,13,15,16);1-2H3. The quantitative estimate of drug-likeness (QED) is 0.699. The Balaban J connectivity index is 0.000000637. The fourth-order valence-corrected chi connectivity index (χ4v) is 1.71. The number of hydrogen-bond donors (Lipinski definition) is 2. The highest BCUT2D eigenvalue weighted by Crippen LogP contribution is 2.19. The maximum Gasteiger partial charge on any atom is 0.224 e. The van der Waals surface area contributed by atoms with Gasteiger partial charge in [-0.15, -0.1) is 0 Å². The first kappa shape index (κ1) is 13.3. The Morgan fingerprint density at radius 1 is 1.21 bits per heavy atom. The fraction of sp³-hybridized carbons (Fsp3) is 0.154. The summed E-state index contributed by atoms with van der Waals surface area (Å²) in [5.74, 6) is 0.656. The molecule has 0 aliphatic heterocycles. The van der Waals surface area contributed by atoms with Crippen LogP contribution in [0.4, 0.5) is 11.5 Å². The van der Waals surface area contributed by atoms with Gasteiger partial charge in [0.2, 0.25) is 5.28 Å². The van der Waals surface area contributed by atoms with E-state index in [4.69, 9.17) is 11.6 Å². The summed E-state index contributed by atoms with van der Waals surface area (Å²) in [5.41, 5.74) is 1.88. The van der Waals surface area contributed by atoms with Gasteiger partial charge in [0, 0.05) is 17.3 Å². The molecule has 0 aliphatic carbocycles. The average Bonchev–Trinajstić information content (AvgIpc) is 2.88. The summed E-state index contributed by atoms with van der Waals surface area (Å²) >= 11 is 5.71. The zero-order valence-corrected chi connectivity index (χ0v) is 11.4. The molecular formula is C13H14ClN5. The minimum atomic E-state index is 0.220. The molecule has 0 spiro atoms. The van der Waals surface area contributed by atoms with Crippen molar-refractivity contribution < 1.29 is 0 Å². The number of nitrogens with one attached hydrogen (secondary N) is 2. The molecule has 0 atom stereocenters. The number of hydrogen-bond acceptors (Lipinski definition) is 4. The maximum atomic E-state index is 5.71. The lowest BCUT2D eigenvalue weighted by Crippen LogP contribution is -1.94. The van der Waals surface area contributed by atoms with Crippen molar-refractivity contribution in [1.29, 1.82) is 0 Å². The molecule has 2 N–H and O–H groups in total. The van der Waals surface area contributed by atoms with Crippen LogP contribution in [0.5, 0.6) is 0 Å². The van der Waals surface area contributed by atoms with Crippen LogP contribution in [0.15, 0.2) is 36.7 Å². The third kappa shape index (κ3) is 3.20.